The van der Waals surface area contributed by atoms with Crippen molar-refractivity contribution < 1.29 is 66.9 Å². The van der Waals surface area contributed by atoms with Crippen molar-refractivity contribution in [3.8, 4) is 0 Å². The van der Waals surface area contributed by atoms with E-state index in [1.807, 2.05) is 13.8 Å². The van der Waals surface area contributed by atoms with Gasteiger partial charge in [-0.3, -0.25) is 19.2 Å². The molecule has 1 rings (SSSR count). The number of benzene rings is 1. The molecule has 0 saturated heterocycles. The lowest BCUT2D eigenvalue weighted by Gasteiger charge is -2.24. The van der Waals surface area contributed by atoms with Gasteiger partial charge in [-0.05, 0) is 30.0 Å². The summed E-state index contributed by atoms with van der Waals surface area (Å²) in [6.45, 7) is 11.9. The van der Waals surface area contributed by atoms with Crippen molar-refractivity contribution in [3.05, 3.63) is 29.8 Å². The van der Waals surface area contributed by atoms with Crippen LogP contribution in [0.4, 0.5) is 5.69 Å². The van der Waals surface area contributed by atoms with Gasteiger partial charge < -0.3 is 63.7 Å². The minimum atomic E-state index is -0.748. The summed E-state index contributed by atoms with van der Waals surface area (Å²) in [7, 11) is 1.56. The van der Waals surface area contributed by atoms with Crippen LogP contribution in [-0.4, -0.2) is 161 Å². The zero-order valence-corrected chi connectivity index (χ0v) is 35.3. The van der Waals surface area contributed by atoms with Gasteiger partial charge in [-0.2, -0.15) is 0 Å². The Bertz CT molecular complexity index is 1190. The van der Waals surface area contributed by atoms with Gasteiger partial charge in [-0.1, -0.05) is 52.2 Å². The SMILES string of the molecule is CCCCC[C@H](CC(=O)[C@@H](NC(=O)COCCOCCOCCOCCOCCOCCOCCOCCOCC(=O)NC)C(C)C)C(=O)Nc1ccc(CO)cc1. The maximum Gasteiger partial charge on any atom is 0.246 e. The van der Waals surface area contributed by atoms with E-state index in [9.17, 15) is 24.3 Å². The number of carbonyl (C=O) groups excluding carboxylic acids is 4. The van der Waals surface area contributed by atoms with Crippen molar-refractivity contribution in [2.24, 2.45) is 11.8 Å². The molecule has 334 valence electrons. The van der Waals surface area contributed by atoms with Crippen LogP contribution in [0, 0.1) is 11.8 Å². The van der Waals surface area contributed by atoms with Crippen LogP contribution in [0.3, 0.4) is 0 Å². The monoisotopic (exact) mass is 829 g/mol. The first-order valence-electron chi connectivity index (χ1n) is 20.4. The van der Waals surface area contributed by atoms with Gasteiger partial charge in [-0.25, -0.2) is 0 Å². The Labute approximate surface area is 344 Å². The quantitative estimate of drug-likeness (QED) is 0.0701. The van der Waals surface area contributed by atoms with Crippen LogP contribution in [0.5, 0.6) is 0 Å². The summed E-state index contributed by atoms with van der Waals surface area (Å²) in [5.74, 6) is -1.73. The van der Waals surface area contributed by atoms with Gasteiger partial charge in [0.05, 0.1) is 118 Å². The van der Waals surface area contributed by atoms with Crippen molar-refractivity contribution in [2.75, 3.05) is 131 Å². The molecule has 0 fully saturated rings. The summed E-state index contributed by atoms with van der Waals surface area (Å²) in [4.78, 5) is 50.2. The maximum absolute atomic E-state index is 13.4. The first-order chi connectivity index (χ1) is 28.2. The van der Waals surface area contributed by atoms with Crippen LogP contribution in [0.15, 0.2) is 24.3 Å². The zero-order valence-electron chi connectivity index (χ0n) is 35.3. The number of hydrogen-bond acceptors (Lipinski definition) is 14. The van der Waals surface area contributed by atoms with Gasteiger partial charge >= 0.3 is 0 Å². The molecule has 0 aliphatic heterocycles. The van der Waals surface area contributed by atoms with E-state index in [1.54, 1.807) is 31.3 Å². The normalized spacial score (nSPS) is 12.4. The molecule has 58 heavy (non-hydrogen) atoms. The third-order valence-electron chi connectivity index (χ3n) is 8.43. The number of amides is 3. The van der Waals surface area contributed by atoms with Gasteiger partial charge in [0.25, 0.3) is 0 Å². The first kappa shape index (κ1) is 52.9. The van der Waals surface area contributed by atoms with Crippen LogP contribution >= 0.6 is 0 Å². The highest BCUT2D eigenvalue weighted by molar-refractivity contribution is 5.97. The Hall–Kier alpha value is -3.10. The van der Waals surface area contributed by atoms with Crippen LogP contribution in [0.1, 0.15) is 58.4 Å². The minimum Gasteiger partial charge on any atom is -0.392 e. The highest BCUT2D eigenvalue weighted by Gasteiger charge is 2.29. The first-order valence-corrected chi connectivity index (χ1v) is 20.4. The number of likely N-dealkylation sites (N-methyl/N-ethyl adjacent to an activating group) is 1. The second-order valence-electron chi connectivity index (χ2n) is 13.6. The van der Waals surface area contributed by atoms with E-state index in [0.717, 1.165) is 24.8 Å². The van der Waals surface area contributed by atoms with Gasteiger partial charge in [0.2, 0.25) is 17.7 Å². The molecule has 2 atom stereocenters. The fraction of sp³-hybridized carbons (Fsp3) is 0.756. The molecule has 1 aromatic carbocycles. The lowest BCUT2D eigenvalue weighted by Crippen LogP contribution is -2.46. The van der Waals surface area contributed by atoms with Crippen molar-refractivity contribution in [3.63, 3.8) is 0 Å². The van der Waals surface area contributed by atoms with Crippen LogP contribution in [-0.2, 0) is 68.4 Å². The summed E-state index contributed by atoms with van der Waals surface area (Å²) in [6, 6.07) is 6.17. The van der Waals surface area contributed by atoms with E-state index >= 15 is 0 Å². The van der Waals surface area contributed by atoms with Crippen LogP contribution < -0.4 is 16.0 Å². The molecule has 0 aliphatic rings. The summed E-state index contributed by atoms with van der Waals surface area (Å²) in [5, 5.41) is 17.4. The van der Waals surface area contributed by atoms with Crippen molar-refractivity contribution in [1.82, 2.24) is 10.6 Å². The molecule has 0 saturated carbocycles. The number of ketones is 1. The average Bonchev–Trinajstić information content (AvgIpc) is 3.22. The molecule has 17 heteroatoms. The molecule has 0 bridgehead atoms. The Morgan fingerprint density at radius 2 is 1.02 bits per heavy atom. The Morgan fingerprint density at radius 1 is 0.603 bits per heavy atom. The lowest BCUT2D eigenvalue weighted by atomic mass is 9.89. The lowest BCUT2D eigenvalue weighted by molar-refractivity contribution is -0.133. The van der Waals surface area contributed by atoms with Gasteiger partial charge in [0.15, 0.2) is 5.78 Å². The molecule has 3 amide bonds. The number of hydrogen-bond donors (Lipinski definition) is 4. The maximum atomic E-state index is 13.4. The molecule has 0 spiro atoms. The largest absolute Gasteiger partial charge is 0.392 e. The number of Topliss-reactive ketones (excluding diaryl/α,β-unsaturated/α-hetero) is 1. The topological polar surface area (TPSA) is 208 Å². The van der Waals surface area contributed by atoms with Crippen LogP contribution in [0.2, 0.25) is 0 Å². The molecule has 0 heterocycles. The van der Waals surface area contributed by atoms with Gasteiger partial charge in [0, 0.05) is 25.1 Å². The van der Waals surface area contributed by atoms with E-state index in [1.165, 1.54) is 0 Å². The van der Waals surface area contributed by atoms with Crippen molar-refractivity contribution >= 4 is 29.2 Å². The van der Waals surface area contributed by atoms with Gasteiger partial charge in [-0.15, -0.1) is 0 Å². The van der Waals surface area contributed by atoms with E-state index < -0.39 is 17.9 Å². The molecule has 17 nitrogen and oxygen atoms in total. The molecule has 0 radical (unpaired) electrons. The third kappa shape index (κ3) is 29.2. The van der Waals surface area contributed by atoms with E-state index in [0.29, 0.717) is 105 Å². The summed E-state index contributed by atoms with van der Waals surface area (Å²) < 4.78 is 48.7. The molecule has 4 N–H and O–H groups in total. The summed E-state index contributed by atoms with van der Waals surface area (Å²) in [6.07, 6.45) is 3.33. The fourth-order valence-corrected chi connectivity index (χ4v) is 5.17. The molecule has 1 aromatic rings. The molecular weight excluding hydrogens is 758 g/mol. The van der Waals surface area contributed by atoms with Crippen molar-refractivity contribution in [2.45, 2.75) is 65.5 Å². The highest BCUT2D eigenvalue weighted by Crippen LogP contribution is 2.20. The van der Waals surface area contributed by atoms with E-state index in [4.69, 9.17) is 42.6 Å². The number of aliphatic hydroxyl groups excluding tert-OH is 1. The predicted molar refractivity (Wildman–Crippen MR) is 216 cm³/mol. The average molecular weight is 830 g/mol. The number of ether oxygens (including phenoxy) is 9. The highest BCUT2D eigenvalue weighted by atomic mass is 16.6. The minimum absolute atomic E-state index is 0.0143. The van der Waals surface area contributed by atoms with E-state index in [-0.39, 0.29) is 63.0 Å². The second-order valence-corrected chi connectivity index (χ2v) is 13.6. The second kappa shape index (κ2) is 36.9. The number of nitrogens with one attached hydrogen (secondary N) is 3. The van der Waals surface area contributed by atoms with Gasteiger partial charge in [0.1, 0.15) is 13.2 Å². The summed E-state index contributed by atoms with van der Waals surface area (Å²) >= 11 is 0. The van der Waals surface area contributed by atoms with Crippen LogP contribution in [0.25, 0.3) is 0 Å². The summed E-state index contributed by atoms with van der Waals surface area (Å²) in [5.41, 5.74) is 1.33. The molecule has 0 aliphatic carbocycles. The number of unbranched alkanes of at least 4 members (excludes halogenated alkanes) is 2. The number of carbonyl (C=O) groups is 4. The molecule has 0 aromatic heterocycles. The predicted octanol–water partition coefficient (Wildman–Crippen LogP) is 2.31. The standard InChI is InChI=1S/C41H71N3O14/c1-5-6-7-8-35(41(49)43-36-11-9-34(30-45)10-12-36)29-37(46)40(33(2)3)44-39(48)32-58-28-26-56-24-22-54-20-18-52-16-14-50-13-15-51-17-19-53-21-23-55-25-27-57-31-38(47)42-4/h9-12,33,35,40,45H,5-8,13-32H2,1-4H3,(H,42,47)(H,43,49)(H,44,48)/t35-,40+/m1/s1. The number of rotatable bonds is 40. The molecular formula is C41H71N3O14. The van der Waals surface area contributed by atoms with Crippen molar-refractivity contribution in [1.29, 1.82) is 0 Å². The number of anilines is 1. The Kier molecular flexibility index (Phi) is 33.7. The Morgan fingerprint density at radius 3 is 1.40 bits per heavy atom. The fourth-order valence-electron chi connectivity index (χ4n) is 5.17. The Balaban J connectivity index is 2.04. The van der Waals surface area contributed by atoms with E-state index in [2.05, 4.69) is 22.9 Å². The smallest absolute Gasteiger partial charge is 0.246 e. The molecule has 0 unspecified atom stereocenters. The number of aliphatic hydroxyl groups is 1. The zero-order chi connectivity index (χ0) is 42.5. The third-order valence-corrected chi connectivity index (χ3v) is 8.43.